The lowest BCUT2D eigenvalue weighted by Crippen LogP contribution is -2.22. The van der Waals surface area contributed by atoms with E-state index in [0.717, 1.165) is 11.5 Å². The predicted octanol–water partition coefficient (Wildman–Crippen LogP) is 0.978. The van der Waals surface area contributed by atoms with Crippen LogP contribution in [0.1, 0.15) is 17.9 Å². The first-order valence-corrected chi connectivity index (χ1v) is 4.79. The topological polar surface area (TPSA) is 55.6 Å². The van der Waals surface area contributed by atoms with Gasteiger partial charge in [-0.2, -0.15) is 0 Å². The summed E-state index contributed by atoms with van der Waals surface area (Å²) in [6, 6.07) is 1.88. The van der Waals surface area contributed by atoms with Gasteiger partial charge in [0.2, 0.25) is 0 Å². The molecule has 0 spiro atoms. The van der Waals surface area contributed by atoms with Gasteiger partial charge in [0.05, 0.1) is 19.2 Å². The lowest BCUT2D eigenvalue weighted by Gasteiger charge is -2.13. The largest absolute Gasteiger partial charge is 0.469 e. The Morgan fingerprint density at radius 2 is 2.40 bits per heavy atom. The van der Waals surface area contributed by atoms with Crippen LogP contribution in [0, 0.1) is 6.92 Å². The molecule has 5 heteroatoms. The Morgan fingerprint density at radius 1 is 1.67 bits per heavy atom. The summed E-state index contributed by atoms with van der Waals surface area (Å²) in [7, 11) is 3.32. The molecule has 0 bridgehead atoms. The quantitative estimate of drug-likeness (QED) is 0.681. The molecule has 0 aliphatic rings. The average molecular weight is 212 g/mol. The van der Waals surface area contributed by atoms with Gasteiger partial charge in [-0.25, -0.2) is 0 Å². The van der Waals surface area contributed by atoms with E-state index >= 15 is 0 Å². The molecule has 0 atom stereocenters. The molecule has 15 heavy (non-hydrogen) atoms. The molecule has 0 unspecified atom stereocenters. The molecular formula is C10H16N2O3. The Labute approximate surface area is 89.0 Å². The van der Waals surface area contributed by atoms with Gasteiger partial charge in [0.1, 0.15) is 5.76 Å². The van der Waals surface area contributed by atoms with Crippen molar-refractivity contribution in [2.45, 2.75) is 19.9 Å². The summed E-state index contributed by atoms with van der Waals surface area (Å²) in [5.41, 5.74) is 0.875. The molecule has 0 aliphatic heterocycles. The van der Waals surface area contributed by atoms with Crippen molar-refractivity contribution in [3.8, 4) is 0 Å². The summed E-state index contributed by atoms with van der Waals surface area (Å²) < 4.78 is 9.50. The highest BCUT2D eigenvalue weighted by atomic mass is 16.5. The van der Waals surface area contributed by atoms with Gasteiger partial charge in [-0.15, -0.1) is 0 Å². The van der Waals surface area contributed by atoms with E-state index in [1.807, 2.05) is 24.9 Å². The van der Waals surface area contributed by atoms with Crippen molar-refractivity contribution in [2.24, 2.45) is 0 Å². The van der Waals surface area contributed by atoms with E-state index in [9.17, 15) is 4.79 Å². The van der Waals surface area contributed by atoms with Crippen molar-refractivity contribution < 1.29 is 14.1 Å². The first-order valence-electron chi connectivity index (χ1n) is 4.79. The predicted molar refractivity (Wildman–Crippen MR) is 54.2 cm³/mol. The van der Waals surface area contributed by atoms with Gasteiger partial charge in [0, 0.05) is 19.2 Å². The van der Waals surface area contributed by atoms with Crippen molar-refractivity contribution >= 4 is 5.97 Å². The van der Waals surface area contributed by atoms with Crippen LogP contribution in [0.5, 0.6) is 0 Å². The number of esters is 1. The van der Waals surface area contributed by atoms with E-state index in [2.05, 4.69) is 9.89 Å². The van der Waals surface area contributed by atoms with Gasteiger partial charge in [-0.3, -0.25) is 9.69 Å². The fourth-order valence-electron chi connectivity index (χ4n) is 1.23. The Balaban J connectivity index is 2.30. The highest BCUT2D eigenvalue weighted by Crippen LogP contribution is 2.04. The molecule has 0 aromatic carbocycles. The molecule has 1 heterocycles. The highest BCUT2D eigenvalue weighted by molar-refractivity contribution is 5.69. The number of carbonyl (C=O) groups excluding carboxylic acids is 1. The van der Waals surface area contributed by atoms with E-state index in [1.54, 1.807) is 0 Å². The number of rotatable bonds is 5. The van der Waals surface area contributed by atoms with Gasteiger partial charge in [0.25, 0.3) is 0 Å². The van der Waals surface area contributed by atoms with E-state index in [1.165, 1.54) is 7.11 Å². The lowest BCUT2D eigenvalue weighted by molar-refractivity contribution is -0.140. The Morgan fingerprint density at radius 3 is 2.93 bits per heavy atom. The van der Waals surface area contributed by atoms with Crippen LogP contribution in [-0.2, 0) is 16.1 Å². The summed E-state index contributed by atoms with van der Waals surface area (Å²) in [6.07, 6.45) is 0.393. The van der Waals surface area contributed by atoms with Crippen LogP contribution in [0.3, 0.4) is 0 Å². The zero-order chi connectivity index (χ0) is 11.3. The third-order valence-electron chi connectivity index (χ3n) is 2.03. The average Bonchev–Trinajstić information content (AvgIpc) is 2.60. The maximum Gasteiger partial charge on any atom is 0.306 e. The van der Waals surface area contributed by atoms with Crippen molar-refractivity contribution in [2.75, 3.05) is 20.7 Å². The molecule has 1 aromatic heterocycles. The second-order valence-electron chi connectivity index (χ2n) is 3.49. The molecule has 0 N–H and O–H groups in total. The summed E-state index contributed by atoms with van der Waals surface area (Å²) in [5, 5.41) is 3.87. The molecule has 0 amide bonds. The molecule has 1 aromatic rings. The van der Waals surface area contributed by atoms with Crippen LogP contribution in [-0.4, -0.2) is 36.7 Å². The molecule has 0 saturated carbocycles. The third kappa shape index (κ3) is 4.12. The van der Waals surface area contributed by atoms with Crippen LogP contribution in [0.2, 0.25) is 0 Å². The summed E-state index contributed by atoms with van der Waals surface area (Å²) >= 11 is 0. The number of carbonyl (C=O) groups is 1. The van der Waals surface area contributed by atoms with E-state index in [0.29, 0.717) is 19.5 Å². The minimum atomic E-state index is -0.196. The zero-order valence-corrected chi connectivity index (χ0v) is 9.32. The van der Waals surface area contributed by atoms with Crippen LogP contribution >= 0.6 is 0 Å². The second kappa shape index (κ2) is 5.50. The maximum absolute atomic E-state index is 10.9. The zero-order valence-electron chi connectivity index (χ0n) is 9.32. The molecular weight excluding hydrogens is 196 g/mol. The number of hydrogen-bond donors (Lipinski definition) is 0. The molecule has 0 radical (unpaired) electrons. The minimum Gasteiger partial charge on any atom is -0.469 e. The Bertz CT molecular complexity index is 322. The fraction of sp³-hybridized carbons (Fsp3) is 0.600. The van der Waals surface area contributed by atoms with Crippen molar-refractivity contribution in [3.05, 3.63) is 17.5 Å². The van der Waals surface area contributed by atoms with Gasteiger partial charge in [0.15, 0.2) is 0 Å². The van der Waals surface area contributed by atoms with Crippen LogP contribution in [0.15, 0.2) is 10.6 Å². The van der Waals surface area contributed by atoms with Crippen LogP contribution < -0.4 is 0 Å². The fourth-order valence-corrected chi connectivity index (χ4v) is 1.23. The van der Waals surface area contributed by atoms with E-state index < -0.39 is 0 Å². The van der Waals surface area contributed by atoms with Gasteiger partial charge < -0.3 is 9.26 Å². The lowest BCUT2D eigenvalue weighted by atomic mass is 10.3. The molecule has 1 rings (SSSR count). The second-order valence-corrected chi connectivity index (χ2v) is 3.49. The van der Waals surface area contributed by atoms with Crippen LogP contribution in [0.25, 0.3) is 0 Å². The molecule has 5 nitrogen and oxygen atoms in total. The Hall–Kier alpha value is -1.36. The summed E-state index contributed by atoms with van der Waals surface area (Å²) in [4.78, 5) is 12.9. The minimum absolute atomic E-state index is 0.196. The molecule has 84 valence electrons. The SMILES string of the molecule is COC(=O)CCN(C)Cc1cc(C)on1. The van der Waals surface area contributed by atoms with Gasteiger partial charge in [-0.1, -0.05) is 5.16 Å². The highest BCUT2D eigenvalue weighted by Gasteiger charge is 2.07. The number of nitrogens with zero attached hydrogens (tertiary/aromatic N) is 2. The first-order chi connectivity index (χ1) is 7.11. The number of aryl methyl sites for hydroxylation is 1. The maximum atomic E-state index is 10.9. The number of hydrogen-bond acceptors (Lipinski definition) is 5. The first kappa shape index (κ1) is 11.7. The molecule has 0 aliphatic carbocycles. The van der Waals surface area contributed by atoms with E-state index in [-0.39, 0.29) is 5.97 Å². The van der Waals surface area contributed by atoms with Crippen molar-refractivity contribution in [1.82, 2.24) is 10.1 Å². The Kier molecular flexibility index (Phi) is 4.30. The summed E-state index contributed by atoms with van der Waals surface area (Å²) in [5.74, 6) is 0.601. The molecule has 0 fully saturated rings. The number of aromatic nitrogens is 1. The standard InChI is InChI=1S/C10H16N2O3/c1-8-6-9(11-15-8)7-12(2)5-4-10(13)14-3/h6H,4-5,7H2,1-3H3. The molecule has 0 saturated heterocycles. The van der Waals surface area contributed by atoms with Gasteiger partial charge in [-0.05, 0) is 14.0 Å². The van der Waals surface area contributed by atoms with Crippen molar-refractivity contribution in [3.63, 3.8) is 0 Å². The third-order valence-corrected chi connectivity index (χ3v) is 2.03. The van der Waals surface area contributed by atoms with Gasteiger partial charge >= 0.3 is 5.97 Å². The summed E-state index contributed by atoms with van der Waals surface area (Å²) in [6.45, 7) is 3.18. The van der Waals surface area contributed by atoms with Crippen LogP contribution in [0.4, 0.5) is 0 Å². The normalized spacial score (nSPS) is 10.7. The number of methoxy groups -OCH3 is 1. The van der Waals surface area contributed by atoms with E-state index in [4.69, 9.17) is 4.52 Å². The monoisotopic (exact) mass is 212 g/mol. The smallest absolute Gasteiger partial charge is 0.306 e. The number of ether oxygens (including phenoxy) is 1. The van der Waals surface area contributed by atoms with Crippen molar-refractivity contribution in [1.29, 1.82) is 0 Å².